The number of nitrogens with zero attached hydrogens (tertiary/aromatic N) is 3. The van der Waals surface area contributed by atoms with Gasteiger partial charge in [0.25, 0.3) is 11.8 Å². The molecule has 0 unspecified atom stereocenters. The fraction of sp³-hybridized carbons (Fsp3) is 0.212. The topological polar surface area (TPSA) is 60.9 Å². The minimum atomic E-state index is -1.59. The van der Waals surface area contributed by atoms with Crippen molar-refractivity contribution in [1.82, 2.24) is 4.90 Å². The van der Waals surface area contributed by atoms with Crippen molar-refractivity contribution in [3.8, 4) is 0 Å². The number of carbonyl (C=O) groups excluding carboxylic acids is 2. The Balaban J connectivity index is 1.34. The predicted molar refractivity (Wildman–Crippen MR) is 163 cm³/mol. The Labute approximate surface area is 247 Å². The van der Waals surface area contributed by atoms with Gasteiger partial charge < -0.3 is 14.7 Å². The van der Waals surface area contributed by atoms with Gasteiger partial charge in [-0.2, -0.15) is 0 Å². The molecule has 1 saturated heterocycles. The molecule has 2 atom stereocenters. The Hall–Kier alpha value is -3.94. The summed E-state index contributed by atoms with van der Waals surface area (Å²) in [6.45, 7) is 6.31. The van der Waals surface area contributed by atoms with Gasteiger partial charge in [-0.15, -0.1) is 0 Å². The molecule has 2 aliphatic rings. The molecule has 2 amide bonds. The Morgan fingerprint density at radius 1 is 0.927 bits per heavy atom. The van der Waals surface area contributed by atoms with Crippen molar-refractivity contribution in [2.45, 2.75) is 36.2 Å². The van der Waals surface area contributed by atoms with Crippen LogP contribution in [0.5, 0.6) is 0 Å². The minimum absolute atomic E-state index is 0.105. The number of benzene rings is 4. The third-order valence-electron chi connectivity index (χ3n) is 7.74. The van der Waals surface area contributed by atoms with Crippen LogP contribution in [-0.2, 0) is 17.3 Å². The molecule has 0 aliphatic carbocycles. The maximum Gasteiger partial charge on any atom is 0.259 e. The SMILES string of the molecule is Cc1cccc(N2CCN(C(=O)c3ccc4c(c3)N(Cc3cccc(Cl)c3)C(=O)c3ccccc3[S@@]4=O)C[C@@H]2C)c1. The van der Waals surface area contributed by atoms with E-state index >= 15 is 0 Å². The largest absolute Gasteiger partial charge is 0.365 e. The quantitative estimate of drug-likeness (QED) is 0.282. The summed E-state index contributed by atoms with van der Waals surface area (Å²) < 4.78 is 13.8. The molecule has 208 valence electrons. The average molecular weight is 584 g/mol. The molecule has 0 saturated carbocycles. The Morgan fingerprint density at radius 2 is 1.73 bits per heavy atom. The highest BCUT2D eigenvalue weighted by atomic mass is 35.5. The summed E-state index contributed by atoms with van der Waals surface area (Å²) in [7, 11) is -1.59. The molecule has 0 radical (unpaired) electrons. The molecular formula is C33H30ClN3O3S. The molecule has 2 heterocycles. The van der Waals surface area contributed by atoms with E-state index in [1.165, 1.54) is 5.56 Å². The van der Waals surface area contributed by atoms with E-state index in [4.69, 9.17) is 11.6 Å². The van der Waals surface area contributed by atoms with Crippen LogP contribution >= 0.6 is 11.6 Å². The second kappa shape index (κ2) is 11.1. The van der Waals surface area contributed by atoms with E-state index in [-0.39, 0.29) is 24.4 Å². The second-order valence-electron chi connectivity index (χ2n) is 10.6. The summed E-state index contributed by atoms with van der Waals surface area (Å²) in [5.74, 6) is -0.371. The first-order valence-electron chi connectivity index (χ1n) is 13.6. The van der Waals surface area contributed by atoms with Gasteiger partial charge in [-0.05, 0) is 79.6 Å². The Morgan fingerprint density at radius 3 is 2.51 bits per heavy atom. The lowest BCUT2D eigenvalue weighted by Gasteiger charge is -2.41. The first-order chi connectivity index (χ1) is 19.8. The molecule has 6 rings (SSSR count). The van der Waals surface area contributed by atoms with Crippen LogP contribution in [0.2, 0.25) is 5.02 Å². The molecular weight excluding hydrogens is 554 g/mol. The van der Waals surface area contributed by atoms with Gasteiger partial charge in [0.1, 0.15) is 0 Å². The van der Waals surface area contributed by atoms with Gasteiger partial charge in [0.15, 0.2) is 0 Å². The number of amides is 2. The smallest absolute Gasteiger partial charge is 0.259 e. The van der Waals surface area contributed by atoms with Crippen LogP contribution in [0.1, 0.15) is 38.8 Å². The van der Waals surface area contributed by atoms with Gasteiger partial charge in [-0.1, -0.05) is 48.0 Å². The van der Waals surface area contributed by atoms with E-state index in [9.17, 15) is 13.8 Å². The highest BCUT2D eigenvalue weighted by Gasteiger charge is 2.33. The molecule has 6 nitrogen and oxygen atoms in total. The first-order valence-corrected chi connectivity index (χ1v) is 15.2. The van der Waals surface area contributed by atoms with Crippen LogP contribution in [0, 0.1) is 6.92 Å². The lowest BCUT2D eigenvalue weighted by atomic mass is 10.1. The summed E-state index contributed by atoms with van der Waals surface area (Å²) >= 11 is 6.25. The molecule has 4 aromatic carbocycles. The number of piperazine rings is 1. The van der Waals surface area contributed by atoms with Crippen molar-refractivity contribution in [3.63, 3.8) is 0 Å². The van der Waals surface area contributed by atoms with Crippen LogP contribution < -0.4 is 9.80 Å². The molecule has 8 heteroatoms. The lowest BCUT2D eigenvalue weighted by Crippen LogP contribution is -2.53. The fourth-order valence-electron chi connectivity index (χ4n) is 5.69. The Bertz CT molecular complexity index is 1690. The van der Waals surface area contributed by atoms with Crippen molar-refractivity contribution < 1.29 is 13.8 Å². The fourth-order valence-corrected chi connectivity index (χ4v) is 7.24. The predicted octanol–water partition coefficient (Wildman–Crippen LogP) is 6.33. The third kappa shape index (κ3) is 5.27. The van der Waals surface area contributed by atoms with Crippen LogP contribution in [0.3, 0.4) is 0 Å². The van der Waals surface area contributed by atoms with Gasteiger partial charge in [0, 0.05) is 41.9 Å². The summed E-state index contributed by atoms with van der Waals surface area (Å²) in [5, 5.41) is 0.567. The molecule has 0 aromatic heterocycles. The molecule has 0 N–H and O–H groups in total. The number of anilines is 2. The Kier molecular flexibility index (Phi) is 7.41. The van der Waals surface area contributed by atoms with Crippen molar-refractivity contribution in [3.05, 3.63) is 118 Å². The van der Waals surface area contributed by atoms with E-state index in [2.05, 4.69) is 43.0 Å². The molecule has 1 fully saturated rings. The van der Waals surface area contributed by atoms with E-state index in [1.807, 2.05) is 23.1 Å². The van der Waals surface area contributed by atoms with E-state index in [0.717, 1.165) is 17.8 Å². The van der Waals surface area contributed by atoms with Crippen molar-refractivity contribution >= 4 is 45.6 Å². The van der Waals surface area contributed by atoms with Crippen LogP contribution in [0.4, 0.5) is 11.4 Å². The number of hydrogen-bond acceptors (Lipinski definition) is 4. The van der Waals surface area contributed by atoms with E-state index in [1.54, 1.807) is 53.4 Å². The van der Waals surface area contributed by atoms with Crippen molar-refractivity contribution in [1.29, 1.82) is 0 Å². The number of halogens is 1. The number of fused-ring (bicyclic) bond motifs is 2. The summed E-state index contributed by atoms with van der Waals surface area (Å²) in [4.78, 5) is 34.5. The number of aryl methyl sites for hydroxylation is 1. The van der Waals surface area contributed by atoms with Gasteiger partial charge >= 0.3 is 0 Å². The zero-order chi connectivity index (χ0) is 28.7. The molecule has 0 bridgehead atoms. The summed E-state index contributed by atoms with van der Waals surface area (Å²) in [6, 6.07) is 28.1. The first kappa shape index (κ1) is 27.2. The third-order valence-corrected chi connectivity index (χ3v) is 9.47. The zero-order valence-electron chi connectivity index (χ0n) is 22.9. The number of hydrogen-bond donors (Lipinski definition) is 0. The van der Waals surface area contributed by atoms with Gasteiger partial charge in [-0.3, -0.25) is 9.59 Å². The van der Waals surface area contributed by atoms with Crippen LogP contribution in [-0.4, -0.2) is 46.6 Å². The summed E-state index contributed by atoms with van der Waals surface area (Å²) in [6.07, 6.45) is 0. The monoisotopic (exact) mass is 583 g/mol. The van der Waals surface area contributed by atoms with Crippen molar-refractivity contribution in [2.75, 3.05) is 29.4 Å². The maximum atomic E-state index is 13.9. The van der Waals surface area contributed by atoms with E-state index in [0.29, 0.717) is 44.7 Å². The van der Waals surface area contributed by atoms with Gasteiger partial charge in [-0.25, -0.2) is 4.21 Å². The molecule has 0 spiro atoms. The van der Waals surface area contributed by atoms with Gasteiger partial charge in [0.05, 0.1) is 38.4 Å². The number of rotatable bonds is 4. The van der Waals surface area contributed by atoms with E-state index < -0.39 is 10.8 Å². The lowest BCUT2D eigenvalue weighted by molar-refractivity contribution is 0.0726. The normalized spacial score (nSPS) is 18.5. The van der Waals surface area contributed by atoms with Crippen LogP contribution in [0.25, 0.3) is 0 Å². The number of carbonyl (C=O) groups is 2. The van der Waals surface area contributed by atoms with Crippen molar-refractivity contribution in [2.24, 2.45) is 0 Å². The summed E-state index contributed by atoms with van der Waals surface area (Å²) in [5.41, 5.74) is 4.52. The zero-order valence-corrected chi connectivity index (χ0v) is 24.5. The van der Waals surface area contributed by atoms with Crippen LogP contribution in [0.15, 0.2) is 101 Å². The second-order valence-corrected chi connectivity index (χ2v) is 12.5. The maximum absolute atomic E-state index is 13.9. The molecule has 2 aliphatic heterocycles. The highest BCUT2D eigenvalue weighted by Crippen LogP contribution is 2.36. The minimum Gasteiger partial charge on any atom is -0.365 e. The standard InChI is InChI=1S/C33H30ClN3O3S/c1-22-7-5-10-27(17-22)36-16-15-35(20-23(36)2)32(38)25-13-14-31-29(19-25)37(21-24-8-6-9-26(34)18-24)33(39)28-11-3-4-12-30(28)41(31)40/h3-14,17-19,23H,15-16,20-21H2,1-2H3/t23-,41-/m0/s1. The average Bonchev–Trinajstić information content (AvgIpc) is 3.06. The molecule has 4 aromatic rings. The molecule has 41 heavy (non-hydrogen) atoms. The van der Waals surface area contributed by atoms with Gasteiger partial charge in [0.2, 0.25) is 0 Å². The highest BCUT2D eigenvalue weighted by molar-refractivity contribution is 7.85.